The van der Waals surface area contributed by atoms with Gasteiger partial charge in [-0.3, -0.25) is 9.89 Å². The van der Waals surface area contributed by atoms with Gasteiger partial charge in [-0.05, 0) is 62.2 Å². The highest BCUT2D eigenvalue weighted by atomic mass is 127. The number of nitrogens with zero attached hydrogens (tertiary/aromatic N) is 4. The van der Waals surface area contributed by atoms with E-state index in [1.165, 1.54) is 18.4 Å². The monoisotopic (exact) mass is 566 g/mol. The Bertz CT molecular complexity index is 1070. The molecule has 1 fully saturated rings. The van der Waals surface area contributed by atoms with Crippen LogP contribution in [-0.4, -0.2) is 47.6 Å². The van der Waals surface area contributed by atoms with E-state index >= 15 is 0 Å². The van der Waals surface area contributed by atoms with Crippen LogP contribution in [0.2, 0.25) is 5.02 Å². The summed E-state index contributed by atoms with van der Waals surface area (Å²) in [4.78, 5) is 11.6. The van der Waals surface area contributed by atoms with Gasteiger partial charge >= 0.3 is 0 Å². The number of guanidine groups is 1. The first-order chi connectivity index (χ1) is 15.1. The highest BCUT2D eigenvalue weighted by Crippen LogP contribution is 2.35. The molecule has 0 aliphatic carbocycles. The summed E-state index contributed by atoms with van der Waals surface area (Å²) >= 11 is 6.28. The number of piperidine rings is 1. The minimum absolute atomic E-state index is 0. The fourth-order valence-electron chi connectivity index (χ4n) is 4.66. The van der Waals surface area contributed by atoms with Gasteiger partial charge in [-0.25, -0.2) is 4.98 Å². The van der Waals surface area contributed by atoms with E-state index in [-0.39, 0.29) is 24.0 Å². The maximum absolute atomic E-state index is 6.28. The number of nitrogens with one attached hydrogen (secondary N) is 2. The Kier molecular flexibility index (Phi) is 8.79. The fourth-order valence-corrected chi connectivity index (χ4v) is 4.85. The number of hydrogen-bond acceptors (Lipinski definition) is 3. The van der Waals surface area contributed by atoms with Gasteiger partial charge in [0, 0.05) is 31.7 Å². The van der Waals surface area contributed by atoms with Gasteiger partial charge in [0.15, 0.2) is 5.96 Å². The summed E-state index contributed by atoms with van der Waals surface area (Å²) in [5.41, 5.74) is 3.43. The van der Waals surface area contributed by atoms with Crippen LogP contribution in [0.1, 0.15) is 30.3 Å². The molecule has 1 saturated heterocycles. The Labute approximate surface area is 212 Å². The highest BCUT2D eigenvalue weighted by Gasteiger charge is 2.30. The van der Waals surface area contributed by atoms with Crippen LogP contribution in [0.3, 0.4) is 0 Å². The molecule has 1 aliphatic rings. The Morgan fingerprint density at radius 3 is 2.72 bits per heavy atom. The molecule has 172 valence electrons. The van der Waals surface area contributed by atoms with E-state index in [0.29, 0.717) is 18.5 Å². The largest absolute Gasteiger partial charge is 0.356 e. The van der Waals surface area contributed by atoms with Crippen molar-refractivity contribution in [2.45, 2.75) is 25.4 Å². The number of aromatic nitrogens is 2. The van der Waals surface area contributed by atoms with Gasteiger partial charge in [0.25, 0.3) is 0 Å². The number of aliphatic imine (C=N–C) groups is 1. The smallest absolute Gasteiger partial charge is 0.191 e. The number of rotatable bonds is 5. The molecule has 4 rings (SSSR count). The zero-order valence-electron chi connectivity index (χ0n) is 18.9. The second kappa shape index (κ2) is 11.3. The van der Waals surface area contributed by atoms with Crippen molar-refractivity contribution in [1.29, 1.82) is 0 Å². The minimum atomic E-state index is 0. The molecule has 0 radical (unpaired) electrons. The lowest BCUT2D eigenvalue weighted by atomic mass is 9.85. The van der Waals surface area contributed by atoms with Crippen LogP contribution in [0.15, 0.2) is 53.5 Å². The van der Waals surface area contributed by atoms with E-state index in [0.717, 1.165) is 40.9 Å². The van der Waals surface area contributed by atoms with Crippen molar-refractivity contribution in [3.8, 4) is 0 Å². The van der Waals surface area contributed by atoms with Crippen molar-refractivity contribution in [3.05, 3.63) is 64.9 Å². The number of likely N-dealkylation sites (tertiary alicyclic amines) is 1. The molecular weight excluding hydrogens is 535 g/mol. The van der Waals surface area contributed by atoms with Crippen LogP contribution in [0.25, 0.3) is 11.0 Å². The summed E-state index contributed by atoms with van der Waals surface area (Å²) in [5, 5.41) is 7.76. The van der Waals surface area contributed by atoms with Crippen molar-refractivity contribution < 1.29 is 0 Å². The number of benzene rings is 2. The van der Waals surface area contributed by atoms with Crippen LogP contribution < -0.4 is 10.6 Å². The van der Waals surface area contributed by atoms with E-state index in [4.69, 9.17) is 16.6 Å². The first-order valence-electron chi connectivity index (χ1n) is 10.9. The molecule has 2 N–H and O–H groups in total. The van der Waals surface area contributed by atoms with E-state index in [1.54, 1.807) is 0 Å². The molecule has 0 spiro atoms. The summed E-state index contributed by atoms with van der Waals surface area (Å²) in [7, 11) is 6.07. The summed E-state index contributed by atoms with van der Waals surface area (Å²) in [6, 6.07) is 16.8. The maximum atomic E-state index is 6.28. The lowest BCUT2D eigenvalue weighted by molar-refractivity contribution is 0.122. The topological polar surface area (TPSA) is 57.5 Å². The van der Waals surface area contributed by atoms with Crippen LogP contribution in [0, 0.1) is 5.92 Å². The Hall–Kier alpha value is -1.84. The summed E-state index contributed by atoms with van der Waals surface area (Å²) in [6.07, 6.45) is 2.38. The molecular formula is C24H32ClIN6. The molecule has 2 atom stereocenters. The summed E-state index contributed by atoms with van der Waals surface area (Å²) in [6.45, 7) is 2.57. The van der Waals surface area contributed by atoms with Gasteiger partial charge in [-0.15, -0.1) is 24.0 Å². The second-order valence-electron chi connectivity index (χ2n) is 8.27. The Balaban J connectivity index is 0.00000289. The molecule has 6 nitrogen and oxygen atoms in total. The number of imidazole rings is 1. The van der Waals surface area contributed by atoms with Gasteiger partial charge in [0.05, 0.1) is 17.6 Å². The highest BCUT2D eigenvalue weighted by molar-refractivity contribution is 14.0. The lowest BCUT2D eigenvalue weighted by Crippen LogP contribution is -2.45. The van der Waals surface area contributed by atoms with Crippen LogP contribution >= 0.6 is 35.6 Å². The molecule has 2 heterocycles. The number of aryl methyl sites for hydroxylation is 1. The quantitative estimate of drug-likeness (QED) is 0.269. The van der Waals surface area contributed by atoms with Crippen LogP contribution in [0.5, 0.6) is 0 Å². The number of hydrogen-bond donors (Lipinski definition) is 2. The number of fused-ring (bicyclic) bond motifs is 1. The van der Waals surface area contributed by atoms with Crippen molar-refractivity contribution in [2.24, 2.45) is 18.0 Å². The average molecular weight is 567 g/mol. The van der Waals surface area contributed by atoms with Crippen molar-refractivity contribution in [2.75, 3.05) is 27.2 Å². The van der Waals surface area contributed by atoms with Crippen LogP contribution in [0.4, 0.5) is 0 Å². The van der Waals surface area contributed by atoms with Crippen molar-refractivity contribution in [1.82, 2.24) is 25.1 Å². The van der Waals surface area contributed by atoms with Crippen molar-refractivity contribution >= 4 is 52.6 Å². The lowest BCUT2D eigenvalue weighted by Gasteiger charge is -2.40. The zero-order chi connectivity index (χ0) is 21.8. The van der Waals surface area contributed by atoms with E-state index in [2.05, 4.69) is 57.4 Å². The average Bonchev–Trinajstić information content (AvgIpc) is 3.09. The number of para-hydroxylation sites is 2. The molecule has 8 heteroatoms. The standard InChI is InChI=1S/C24H31ClN6.HI/c1-26-24(28-16-22-29-20-11-4-5-12-21(20)31(22)3)27-15-18-9-7-13-30(2)23(18)17-8-6-10-19(25)14-17;/h4-6,8,10-12,14,18,23H,7,9,13,15-16H2,1-3H3,(H2,26,27,28);1H. The molecule has 2 aromatic carbocycles. The minimum Gasteiger partial charge on any atom is -0.356 e. The van der Waals surface area contributed by atoms with Gasteiger partial charge in [-0.1, -0.05) is 35.9 Å². The predicted molar refractivity (Wildman–Crippen MR) is 144 cm³/mol. The van der Waals surface area contributed by atoms with Crippen LogP contribution in [-0.2, 0) is 13.6 Å². The van der Waals surface area contributed by atoms with E-state index in [1.807, 2.05) is 37.4 Å². The fraction of sp³-hybridized carbons (Fsp3) is 0.417. The molecule has 1 aliphatic heterocycles. The number of halogens is 2. The van der Waals surface area contributed by atoms with E-state index in [9.17, 15) is 0 Å². The second-order valence-corrected chi connectivity index (χ2v) is 8.70. The van der Waals surface area contributed by atoms with E-state index < -0.39 is 0 Å². The van der Waals surface area contributed by atoms with Gasteiger partial charge in [0.2, 0.25) is 0 Å². The summed E-state index contributed by atoms with van der Waals surface area (Å²) in [5.74, 6) is 2.26. The molecule has 0 amide bonds. The SMILES string of the molecule is CN=C(NCc1nc2ccccc2n1C)NCC1CCCN(C)C1c1cccc(Cl)c1.I. The van der Waals surface area contributed by atoms with Gasteiger partial charge in [-0.2, -0.15) is 0 Å². The van der Waals surface area contributed by atoms with Crippen molar-refractivity contribution in [3.63, 3.8) is 0 Å². The maximum Gasteiger partial charge on any atom is 0.191 e. The summed E-state index contributed by atoms with van der Waals surface area (Å²) < 4.78 is 2.13. The molecule has 0 bridgehead atoms. The Morgan fingerprint density at radius 1 is 1.16 bits per heavy atom. The zero-order valence-corrected chi connectivity index (χ0v) is 22.0. The molecule has 0 saturated carbocycles. The molecule has 1 aromatic heterocycles. The third-order valence-electron chi connectivity index (χ3n) is 6.25. The van der Waals surface area contributed by atoms with Gasteiger partial charge < -0.3 is 15.2 Å². The molecule has 2 unspecified atom stereocenters. The van der Waals surface area contributed by atoms with Gasteiger partial charge in [0.1, 0.15) is 5.82 Å². The third-order valence-corrected chi connectivity index (χ3v) is 6.48. The Morgan fingerprint density at radius 2 is 1.97 bits per heavy atom. The first-order valence-corrected chi connectivity index (χ1v) is 11.2. The predicted octanol–water partition coefficient (Wildman–Crippen LogP) is 4.59. The molecule has 32 heavy (non-hydrogen) atoms. The first kappa shape index (κ1) is 24.8. The molecule has 3 aromatic rings. The third kappa shape index (κ3) is 5.55. The normalized spacial score (nSPS) is 19.6.